The summed E-state index contributed by atoms with van der Waals surface area (Å²) in [6.07, 6.45) is -0.604. The molecule has 76 valence electrons. The zero-order chi connectivity index (χ0) is 10.6. The van der Waals surface area contributed by atoms with E-state index in [9.17, 15) is 4.79 Å². The van der Waals surface area contributed by atoms with Gasteiger partial charge in [0.05, 0.1) is 12.8 Å². The quantitative estimate of drug-likeness (QED) is 0.603. The van der Waals surface area contributed by atoms with Crippen LogP contribution in [0.5, 0.6) is 0 Å². The Morgan fingerprint density at radius 3 is 2.36 bits per heavy atom. The first kappa shape index (κ1) is 11.1. The number of carbonyl (C=O) groups excluding carboxylic acids is 1. The molecule has 0 N–H and O–H groups in total. The molecule has 1 aromatic rings. The molecule has 4 nitrogen and oxygen atoms in total. The number of benzene rings is 1. The summed E-state index contributed by atoms with van der Waals surface area (Å²) in [6.45, 7) is 0. The Morgan fingerprint density at radius 1 is 1.29 bits per heavy atom. The standard InChI is InChI=1S/C8H10N2O2S2/c1-12-8(11)10(14)9(13)7-5-3-2-4-6-7/h2-6,13-14H,1H3. The highest BCUT2D eigenvalue weighted by molar-refractivity contribution is 7.84. The molecule has 0 aromatic heterocycles. The number of methoxy groups -OCH3 is 1. The van der Waals surface area contributed by atoms with Crippen molar-refractivity contribution in [2.75, 3.05) is 11.5 Å². The van der Waals surface area contributed by atoms with Crippen molar-refractivity contribution in [3.05, 3.63) is 30.3 Å². The third-order valence-electron chi connectivity index (χ3n) is 1.50. The smallest absolute Gasteiger partial charge is 0.439 e. The predicted molar refractivity (Wildman–Crippen MR) is 61.1 cm³/mol. The number of para-hydroxylation sites is 1. The van der Waals surface area contributed by atoms with E-state index in [0.29, 0.717) is 0 Å². The van der Waals surface area contributed by atoms with Crippen LogP contribution in [-0.2, 0) is 4.74 Å². The molecule has 0 aliphatic rings. The van der Waals surface area contributed by atoms with E-state index in [4.69, 9.17) is 0 Å². The van der Waals surface area contributed by atoms with E-state index in [0.717, 1.165) is 10.1 Å². The SMILES string of the molecule is COC(=O)N(S)N(S)c1ccccc1. The molecule has 0 aliphatic heterocycles. The monoisotopic (exact) mass is 230 g/mol. The van der Waals surface area contributed by atoms with Crippen LogP contribution < -0.4 is 4.41 Å². The van der Waals surface area contributed by atoms with Gasteiger partial charge in [-0.25, -0.2) is 9.21 Å². The third kappa shape index (κ3) is 2.49. The molecule has 0 radical (unpaired) electrons. The predicted octanol–water partition coefficient (Wildman–Crippen LogP) is 2.17. The molecule has 0 fully saturated rings. The van der Waals surface area contributed by atoms with Crippen molar-refractivity contribution in [1.29, 1.82) is 0 Å². The fourth-order valence-corrected chi connectivity index (χ4v) is 1.22. The van der Waals surface area contributed by atoms with Gasteiger partial charge in [0, 0.05) is 0 Å². The second-order valence-corrected chi connectivity index (χ2v) is 3.14. The maximum atomic E-state index is 11.1. The minimum Gasteiger partial charge on any atom is -0.451 e. The van der Waals surface area contributed by atoms with E-state index in [1.807, 2.05) is 18.2 Å². The Kier molecular flexibility index (Phi) is 3.97. The van der Waals surface area contributed by atoms with E-state index in [-0.39, 0.29) is 0 Å². The van der Waals surface area contributed by atoms with Crippen molar-refractivity contribution >= 4 is 37.4 Å². The third-order valence-corrected chi connectivity index (χ3v) is 2.40. The Bertz CT molecular complexity index is 307. The van der Waals surface area contributed by atoms with Crippen LogP contribution >= 0.6 is 25.6 Å². The second-order valence-electron chi connectivity index (χ2n) is 2.38. The highest BCUT2D eigenvalue weighted by Gasteiger charge is 2.16. The minimum absolute atomic E-state index is 0.604. The van der Waals surface area contributed by atoms with Crippen LogP contribution in [0.2, 0.25) is 0 Å². The number of rotatable bonds is 2. The van der Waals surface area contributed by atoms with Crippen LogP contribution in [0.4, 0.5) is 10.5 Å². The average molecular weight is 230 g/mol. The summed E-state index contributed by atoms with van der Waals surface area (Å²) in [6, 6.07) is 9.11. The molecule has 0 spiro atoms. The second kappa shape index (κ2) is 5.02. The highest BCUT2D eigenvalue weighted by Crippen LogP contribution is 2.19. The van der Waals surface area contributed by atoms with Gasteiger partial charge in [-0.1, -0.05) is 18.2 Å². The van der Waals surface area contributed by atoms with E-state index in [1.54, 1.807) is 12.1 Å². The van der Waals surface area contributed by atoms with Crippen molar-refractivity contribution in [2.24, 2.45) is 0 Å². The summed E-state index contributed by atoms with van der Waals surface area (Å²) in [7, 11) is 1.28. The van der Waals surface area contributed by atoms with Crippen LogP contribution in [0, 0.1) is 0 Å². The first-order valence-corrected chi connectivity index (χ1v) is 4.57. The topological polar surface area (TPSA) is 32.8 Å². The number of hydrogen-bond donors (Lipinski definition) is 2. The lowest BCUT2D eigenvalue weighted by molar-refractivity contribution is 0.154. The first-order valence-electron chi connectivity index (χ1n) is 3.77. The normalized spacial score (nSPS) is 9.36. The van der Waals surface area contributed by atoms with E-state index in [1.165, 1.54) is 11.5 Å². The summed E-state index contributed by atoms with van der Waals surface area (Å²) in [5.74, 6) is 0. The molecule has 1 amide bonds. The lowest BCUT2D eigenvalue weighted by Crippen LogP contribution is -2.33. The van der Waals surface area contributed by atoms with Gasteiger partial charge in [-0.2, -0.15) is 4.41 Å². The van der Waals surface area contributed by atoms with Gasteiger partial charge in [0.15, 0.2) is 0 Å². The maximum absolute atomic E-state index is 11.1. The highest BCUT2D eigenvalue weighted by atomic mass is 32.1. The van der Waals surface area contributed by atoms with Crippen LogP contribution in [0.25, 0.3) is 0 Å². The van der Waals surface area contributed by atoms with Gasteiger partial charge < -0.3 is 4.74 Å². The molecule has 1 rings (SSSR count). The molecule has 0 saturated carbocycles. The lowest BCUT2D eigenvalue weighted by atomic mass is 10.3. The Balaban J connectivity index is 2.75. The molecule has 0 atom stereocenters. The zero-order valence-electron chi connectivity index (χ0n) is 7.49. The minimum atomic E-state index is -0.604. The number of carbonyl (C=O) groups is 1. The van der Waals surface area contributed by atoms with Gasteiger partial charge >= 0.3 is 6.09 Å². The number of nitrogens with zero attached hydrogens (tertiary/aromatic N) is 2. The molecule has 1 aromatic carbocycles. The average Bonchev–Trinajstić information content (AvgIpc) is 2.27. The molecule has 14 heavy (non-hydrogen) atoms. The number of ether oxygens (including phenoxy) is 1. The number of anilines is 1. The van der Waals surface area contributed by atoms with Gasteiger partial charge in [-0.15, -0.1) is 0 Å². The fourth-order valence-electron chi connectivity index (χ4n) is 0.830. The Morgan fingerprint density at radius 2 is 1.86 bits per heavy atom. The molecule has 0 saturated heterocycles. The van der Waals surface area contributed by atoms with Crippen molar-refractivity contribution < 1.29 is 9.53 Å². The van der Waals surface area contributed by atoms with Crippen molar-refractivity contribution in [2.45, 2.75) is 0 Å². The summed E-state index contributed by atoms with van der Waals surface area (Å²) < 4.78 is 6.70. The molecular weight excluding hydrogens is 220 g/mol. The number of amides is 1. The number of hydrogen-bond acceptors (Lipinski definition) is 5. The summed E-state index contributed by atoms with van der Waals surface area (Å²) in [4.78, 5) is 11.1. The van der Waals surface area contributed by atoms with Crippen molar-refractivity contribution in [3.8, 4) is 0 Å². The maximum Gasteiger partial charge on any atom is 0.439 e. The molecule has 0 aliphatic carbocycles. The number of hydrazine groups is 1. The largest absolute Gasteiger partial charge is 0.451 e. The van der Waals surface area contributed by atoms with Crippen molar-refractivity contribution in [3.63, 3.8) is 0 Å². The summed E-state index contributed by atoms with van der Waals surface area (Å²) >= 11 is 8.01. The first-order chi connectivity index (χ1) is 6.66. The van der Waals surface area contributed by atoms with Gasteiger partial charge in [0.2, 0.25) is 0 Å². The van der Waals surface area contributed by atoms with Gasteiger partial charge in [0.25, 0.3) is 0 Å². The van der Waals surface area contributed by atoms with E-state index < -0.39 is 6.09 Å². The van der Waals surface area contributed by atoms with Gasteiger partial charge in [-0.05, 0) is 37.8 Å². The summed E-state index contributed by atoms with van der Waals surface area (Å²) in [5, 5.41) is 0. The molecule has 0 heterocycles. The Labute approximate surface area is 93.5 Å². The summed E-state index contributed by atoms with van der Waals surface area (Å²) in [5.41, 5.74) is 0.719. The van der Waals surface area contributed by atoms with Crippen LogP contribution in [0.1, 0.15) is 0 Å². The van der Waals surface area contributed by atoms with Gasteiger partial charge in [-0.3, -0.25) is 0 Å². The Hall–Kier alpha value is -1.01. The molecule has 0 bridgehead atoms. The van der Waals surface area contributed by atoms with E-state index in [2.05, 4.69) is 30.4 Å². The van der Waals surface area contributed by atoms with Crippen LogP contribution in [0.3, 0.4) is 0 Å². The van der Waals surface area contributed by atoms with Gasteiger partial charge in [0.1, 0.15) is 0 Å². The zero-order valence-corrected chi connectivity index (χ0v) is 9.28. The molecule has 6 heteroatoms. The van der Waals surface area contributed by atoms with Crippen molar-refractivity contribution in [1.82, 2.24) is 4.41 Å². The number of thiol groups is 2. The van der Waals surface area contributed by atoms with Crippen LogP contribution in [0.15, 0.2) is 30.3 Å². The molecular formula is C8H10N2O2S2. The lowest BCUT2D eigenvalue weighted by Gasteiger charge is -2.25. The van der Waals surface area contributed by atoms with E-state index >= 15 is 0 Å². The van der Waals surface area contributed by atoms with Crippen LogP contribution in [-0.4, -0.2) is 17.6 Å². The fraction of sp³-hybridized carbons (Fsp3) is 0.125. The molecule has 0 unspecified atom stereocenters.